The van der Waals surface area contributed by atoms with Crippen LogP contribution in [0.1, 0.15) is 38.5 Å². The number of benzene rings is 1. The van der Waals surface area contributed by atoms with E-state index in [2.05, 4.69) is 31.3 Å². The summed E-state index contributed by atoms with van der Waals surface area (Å²) in [6.07, 6.45) is 2.14. The van der Waals surface area contributed by atoms with Crippen molar-refractivity contribution in [2.75, 3.05) is 19.8 Å². The minimum absolute atomic E-state index is 0.138. The van der Waals surface area contributed by atoms with Crippen molar-refractivity contribution in [1.82, 2.24) is 5.32 Å². The quantitative estimate of drug-likeness (QED) is 0.732. The molecule has 3 nitrogen and oxygen atoms in total. The largest absolute Gasteiger partial charge is 0.459 e. The zero-order valence-electron chi connectivity index (χ0n) is 11.8. The highest BCUT2D eigenvalue weighted by atomic mass is 16.5. The highest BCUT2D eigenvalue weighted by Crippen LogP contribution is 2.24. The van der Waals surface area contributed by atoms with Gasteiger partial charge in [-0.2, -0.15) is 0 Å². The Hall–Kier alpha value is -1.32. The second-order valence-electron chi connectivity index (χ2n) is 4.77. The number of hydrogen-bond donors (Lipinski definition) is 1. The smallest absolute Gasteiger partial charge is 0.134 e. The maximum absolute atomic E-state index is 5.92. The first-order valence-corrected chi connectivity index (χ1v) is 7.14. The van der Waals surface area contributed by atoms with E-state index in [0.717, 1.165) is 42.7 Å². The number of rotatable bonds is 8. The maximum atomic E-state index is 5.92. The summed E-state index contributed by atoms with van der Waals surface area (Å²) in [5.41, 5.74) is 0.941. The van der Waals surface area contributed by atoms with Crippen molar-refractivity contribution >= 4 is 11.0 Å². The second-order valence-corrected chi connectivity index (χ2v) is 4.77. The normalized spacial score (nSPS) is 12.9. The van der Waals surface area contributed by atoms with E-state index in [4.69, 9.17) is 9.15 Å². The van der Waals surface area contributed by atoms with Crippen molar-refractivity contribution < 1.29 is 9.15 Å². The van der Waals surface area contributed by atoms with E-state index in [1.54, 1.807) is 0 Å². The lowest BCUT2D eigenvalue weighted by molar-refractivity contribution is 0.106. The monoisotopic (exact) mass is 261 g/mol. The molecule has 0 aliphatic carbocycles. The van der Waals surface area contributed by atoms with Crippen molar-refractivity contribution in [3.63, 3.8) is 0 Å². The molecule has 1 heterocycles. The fourth-order valence-corrected chi connectivity index (χ4v) is 2.08. The van der Waals surface area contributed by atoms with E-state index in [-0.39, 0.29) is 6.04 Å². The molecule has 0 spiro atoms. The molecule has 1 N–H and O–H groups in total. The van der Waals surface area contributed by atoms with Gasteiger partial charge in [-0.05, 0) is 31.5 Å². The molecular weight excluding hydrogens is 238 g/mol. The van der Waals surface area contributed by atoms with Gasteiger partial charge in [-0.3, -0.25) is 0 Å². The molecule has 0 saturated carbocycles. The van der Waals surface area contributed by atoms with Crippen LogP contribution in [0.2, 0.25) is 0 Å². The number of furan rings is 1. The van der Waals surface area contributed by atoms with Crippen molar-refractivity contribution in [1.29, 1.82) is 0 Å². The zero-order valence-corrected chi connectivity index (χ0v) is 11.8. The minimum atomic E-state index is 0.138. The van der Waals surface area contributed by atoms with Gasteiger partial charge >= 0.3 is 0 Å². The van der Waals surface area contributed by atoms with Crippen LogP contribution in [-0.4, -0.2) is 19.8 Å². The van der Waals surface area contributed by atoms with E-state index in [1.807, 2.05) is 18.2 Å². The first-order valence-electron chi connectivity index (χ1n) is 7.14. The third kappa shape index (κ3) is 3.82. The number of nitrogens with one attached hydrogen (secondary N) is 1. The van der Waals surface area contributed by atoms with Gasteiger partial charge in [-0.15, -0.1) is 0 Å². The summed E-state index contributed by atoms with van der Waals surface area (Å²) in [4.78, 5) is 0. The van der Waals surface area contributed by atoms with Gasteiger partial charge in [0, 0.05) is 12.0 Å². The fourth-order valence-electron chi connectivity index (χ4n) is 2.08. The molecule has 0 bridgehead atoms. The Morgan fingerprint density at radius 2 is 2.05 bits per heavy atom. The molecule has 0 saturated heterocycles. The predicted molar refractivity (Wildman–Crippen MR) is 78.4 cm³/mol. The molecule has 2 rings (SSSR count). The SMILES string of the molecule is CCCNC(COCCC)c1cc2ccccc2o1. The van der Waals surface area contributed by atoms with Crippen LogP contribution >= 0.6 is 0 Å². The summed E-state index contributed by atoms with van der Waals surface area (Å²) in [5, 5.41) is 4.64. The van der Waals surface area contributed by atoms with Gasteiger partial charge in [0.2, 0.25) is 0 Å². The van der Waals surface area contributed by atoms with Crippen LogP contribution < -0.4 is 5.32 Å². The van der Waals surface area contributed by atoms with E-state index < -0.39 is 0 Å². The number of para-hydroxylation sites is 1. The van der Waals surface area contributed by atoms with E-state index >= 15 is 0 Å². The second kappa shape index (κ2) is 7.31. The van der Waals surface area contributed by atoms with Crippen molar-refractivity contribution in [3.05, 3.63) is 36.1 Å². The van der Waals surface area contributed by atoms with Crippen LogP contribution in [0.15, 0.2) is 34.7 Å². The first kappa shape index (κ1) is 14.1. The van der Waals surface area contributed by atoms with Gasteiger partial charge in [-0.25, -0.2) is 0 Å². The Morgan fingerprint density at radius 3 is 2.79 bits per heavy atom. The van der Waals surface area contributed by atoms with Crippen LogP contribution in [0.25, 0.3) is 11.0 Å². The van der Waals surface area contributed by atoms with Crippen molar-refractivity contribution in [3.8, 4) is 0 Å². The maximum Gasteiger partial charge on any atom is 0.134 e. The molecule has 3 heteroatoms. The molecule has 0 radical (unpaired) electrons. The lowest BCUT2D eigenvalue weighted by atomic mass is 10.2. The lowest BCUT2D eigenvalue weighted by Gasteiger charge is -2.16. The summed E-state index contributed by atoms with van der Waals surface area (Å²) >= 11 is 0. The standard InChI is InChI=1S/C16H23NO2/c1-3-9-17-14(12-18-10-4-2)16-11-13-7-5-6-8-15(13)19-16/h5-8,11,14,17H,3-4,9-10,12H2,1-2H3. The highest BCUT2D eigenvalue weighted by molar-refractivity contribution is 5.77. The van der Waals surface area contributed by atoms with Gasteiger partial charge in [0.05, 0.1) is 12.6 Å². The van der Waals surface area contributed by atoms with Gasteiger partial charge in [0.15, 0.2) is 0 Å². The minimum Gasteiger partial charge on any atom is -0.459 e. The van der Waals surface area contributed by atoms with Crippen LogP contribution in [-0.2, 0) is 4.74 Å². The Kier molecular flexibility index (Phi) is 5.43. The lowest BCUT2D eigenvalue weighted by Crippen LogP contribution is -2.26. The highest BCUT2D eigenvalue weighted by Gasteiger charge is 2.15. The van der Waals surface area contributed by atoms with Crippen molar-refractivity contribution in [2.45, 2.75) is 32.7 Å². The Balaban J connectivity index is 2.10. The molecule has 0 aliphatic heterocycles. The topological polar surface area (TPSA) is 34.4 Å². The summed E-state index contributed by atoms with van der Waals surface area (Å²) in [5.74, 6) is 0.964. The van der Waals surface area contributed by atoms with Gasteiger partial charge in [-0.1, -0.05) is 32.0 Å². The van der Waals surface area contributed by atoms with Gasteiger partial charge in [0.1, 0.15) is 11.3 Å². The van der Waals surface area contributed by atoms with E-state index in [1.165, 1.54) is 0 Å². The molecule has 0 amide bonds. The molecule has 0 fully saturated rings. The summed E-state index contributed by atoms with van der Waals surface area (Å²) in [6.45, 7) is 6.71. The molecular formula is C16H23NO2. The van der Waals surface area contributed by atoms with Crippen LogP contribution in [0.5, 0.6) is 0 Å². The van der Waals surface area contributed by atoms with E-state index in [0.29, 0.717) is 6.61 Å². The molecule has 104 valence electrons. The molecule has 19 heavy (non-hydrogen) atoms. The van der Waals surface area contributed by atoms with Gasteiger partial charge in [0.25, 0.3) is 0 Å². The third-order valence-corrected chi connectivity index (χ3v) is 3.06. The van der Waals surface area contributed by atoms with Crippen molar-refractivity contribution in [2.24, 2.45) is 0 Å². The molecule has 2 aromatic rings. The van der Waals surface area contributed by atoms with Crippen LogP contribution in [0.3, 0.4) is 0 Å². The number of hydrogen-bond acceptors (Lipinski definition) is 3. The fraction of sp³-hybridized carbons (Fsp3) is 0.500. The molecule has 1 unspecified atom stereocenters. The Labute approximate surface area is 114 Å². The molecule has 1 atom stereocenters. The predicted octanol–water partition coefficient (Wildman–Crippen LogP) is 3.90. The van der Waals surface area contributed by atoms with E-state index in [9.17, 15) is 0 Å². The zero-order chi connectivity index (χ0) is 13.5. The summed E-state index contributed by atoms with van der Waals surface area (Å²) < 4.78 is 11.6. The number of fused-ring (bicyclic) bond motifs is 1. The van der Waals surface area contributed by atoms with Crippen LogP contribution in [0, 0.1) is 0 Å². The Morgan fingerprint density at radius 1 is 1.21 bits per heavy atom. The first-order chi connectivity index (χ1) is 9.35. The summed E-state index contributed by atoms with van der Waals surface area (Å²) in [6, 6.07) is 10.4. The molecule has 1 aromatic heterocycles. The average Bonchev–Trinajstić information content (AvgIpc) is 2.86. The Bertz CT molecular complexity index is 459. The van der Waals surface area contributed by atoms with Gasteiger partial charge < -0.3 is 14.5 Å². The molecule has 1 aromatic carbocycles. The molecule has 0 aliphatic rings. The summed E-state index contributed by atoms with van der Waals surface area (Å²) in [7, 11) is 0. The average molecular weight is 261 g/mol. The third-order valence-electron chi connectivity index (χ3n) is 3.06. The number of ether oxygens (including phenoxy) is 1. The van der Waals surface area contributed by atoms with Crippen LogP contribution in [0.4, 0.5) is 0 Å².